The standard InChI is InChI=1S/C20H42N3O2P/c1-7-19(3,4)17-25-26(24,20(5,6)8-2)23-15-13-22(14-16-23)18-9-11-21-12-10-18/h18,21H,7-17H2,1-6H3. The van der Waals surface area contributed by atoms with Gasteiger partial charge in [-0.1, -0.05) is 27.7 Å². The maximum atomic E-state index is 14.1. The molecular weight excluding hydrogens is 345 g/mol. The largest absolute Gasteiger partial charge is 0.317 e. The molecule has 0 saturated carbocycles. The molecule has 2 rings (SSSR count). The number of piperidine rings is 1. The van der Waals surface area contributed by atoms with Crippen LogP contribution < -0.4 is 5.32 Å². The summed E-state index contributed by atoms with van der Waals surface area (Å²) in [6.07, 6.45) is 4.37. The van der Waals surface area contributed by atoms with E-state index in [4.69, 9.17) is 4.52 Å². The number of nitrogens with zero attached hydrogens (tertiary/aromatic N) is 2. The predicted octanol–water partition coefficient (Wildman–Crippen LogP) is 4.19. The molecule has 0 aromatic heterocycles. The summed E-state index contributed by atoms with van der Waals surface area (Å²) in [6.45, 7) is 19.5. The Morgan fingerprint density at radius 1 is 1.00 bits per heavy atom. The summed E-state index contributed by atoms with van der Waals surface area (Å²) in [4.78, 5) is 2.61. The summed E-state index contributed by atoms with van der Waals surface area (Å²) in [6, 6.07) is 0.692. The van der Waals surface area contributed by atoms with Crippen LogP contribution in [0, 0.1) is 5.41 Å². The summed E-state index contributed by atoms with van der Waals surface area (Å²) in [5.74, 6) is 0. The minimum absolute atomic E-state index is 0.0659. The van der Waals surface area contributed by atoms with Crippen LogP contribution in [0.5, 0.6) is 0 Å². The Kier molecular flexibility index (Phi) is 7.78. The SMILES string of the molecule is CCC(C)(C)COP(=O)(N1CCN(C2CCNCC2)CC1)C(C)(C)CC. The molecule has 2 aliphatic rings. The molecule has 0 aromatic carbocycles. The van der Waals surface area contributed by atoms with Crippen molar-refractivity contribution in [2.45, 2.75) is 78.4 Å². The second-order valence-corrected chi connectivity index (χ2v) is 12.5. The van der Waals surface area contributed by atoms with Gasteiger partial charge in [-0.25, -0.2) is 4.67 Å². The number of piperazine rings is 1. The molecule has 0 amide bonds. The van der Waals surface area contributed by atoms with Crippen LogP contribution in [0.2, 0.25) is 0 Å². The highest BCUT2D eigenvalue weighted by Gasteiger charge is 2.47. The van der Waals surface area contributed by atoms with Crippen molar-refractivity contribution in [3.63, 3.8) is 0 Å². The molecule has 1 unspecified atom stereocenters. The lowest BCUT2D eigenvalue weighted by atomic mass is 9.92. The fraction of sp³-hybridized carbons (Fsp3) is 1.00. The van der Waals surface area contributed by atoms with Crippen molar-refractivity contribution in [2.75, 3.05) is 45.9 Å². The monoisotopic (exact) mass is 387 g/mol. The highest BCUT2D eigenvalue weighted by molar-refractivity contribution is 7.58. The smallest absolute Gasteiger partial charge is 0.277 e. The van der Waals surface area contributed by atoms with Crippen LogP contribution >= 0.6 is 7.52 Å². The van der Waals surface area contributed by atoms with Gasteiger partial charge in [0.05, 0.1) is 11.8 Å². The Hall–Kier alpha value is 0.0700. The Labute approximate surface area is 161 Å². The van der Waals surface area contributed by atoms with Crippen molar-refractivity contribution >= 4 is 7.52 Å². The zero-order valence-corrected chi connectivity index (χ0v) is 18.9. The Morgan fingerprint density at radius 3 is 2.08 bits per heavy atom. The fourth-order valence-electron chi connectivity index (χ4n) is 3.71. The lowest BCUT2D eigenvalue weighted by Gasteiger charge is -2.47. The molecule has 0 aromatic rings. The lowest BCUT2D eigenvalue weighted by molar-refractivity contribution is 0.0948. The molecule has 1 atom stereocenters. The van der Waals surface area contributed by atoms with Gasteiger partial charge < -0.3 is 9.84 Å². The van der Waals surface area contributed by atoms with Gasteiger partial charge in [-0.15, -0.1) is 0 Å². The van der Waals surface area contributed by atoms with Crippen LogP contribution in [0.15, 0.2) is 0 Å². The molecule has 0 radical (unpaired) electrons. The summed E-state index contributed by atoms with van der Waals surface area (Å²) in [5.41, 5.74) is 0.0659. The van der Waals surface area contributed by atoms with Crippen molar-refractivity contribution in [3.05, 3.63) is 0 Å². The second-order valence-electron chi connectivity index (χ2n) is 9.45. The van der Waals surface area contributed by atoms with Crippen LogP contribution in [-0.2, 0) is 9.09 Å². The quantitative estimate of drug-likeness (QED) is 0.633. The molecule has 6 heteroatoms. The fourth-order valence-corrected chi connectivity index (χ4v) is 6.62. The Balaban J connectivity index is 2.05. The van der Waals surface area contributed by atoms with Crippen LogP contribution in [-0.4, -0.2) is 66.6 Å². The van der Waals surface area contributed by atoms with Gasteiger partial charge in [-0.05, 0) is 58.0 Å². The van der Waals surface area contributed by atoms with E-state index in [1.807, 2.05) is 0 Å². The van der Waals surface area contributed by atoms with Crippen molar-refractivity contribution in [1.29, 1.82) is 0 Å². The maximum Gasteiger partial charge on any atom is 0.277 e. The minimum atomic E-state index is -2.88. The van der Waals surface area contributed by atoms with Crippen molar-refractivity contribution in [3.8, 4) is 0 Å². The first-order valence-electron chi connectivity index (χ1n) is 10.6. The molecule has 26 heavy (non-hydrogen) atoms. The summed E-state index contributed by atoms with van der Waals surface area (Å²) in [5, 5.41) is 3.14. The van der Waals surface area contributed by atoms with Gasteiger partial charge in [0.1, 0.15) is 0 Å². The normalized spacial score (nSPS) is 24.5. The third-order valence-corrected chi connectivity index (χ3v) is 10.2. The molecule has 2 saturated heterocycles. The predicted molar refractivity (Wildman–Crippen MR) is 111 cm³/mol. The van der Waals surface area contributed by atoms with Crippen LogP contribution in [0.4, 0.5) is 0 Å². The second kappa shape index (κ2) is 9.05. The maximum absolute atomic E-state index is 14.1. The van der Waals surface area contributed by atoms with Gasteiger partial charge in [0, 0.05) is 32.2 Å². The Morgan fingerprint density at radius 2 is 1.58 bits per heavy atom. The van der Waals surface area contributed by atoms with Gasteiger partial charge in [-0.2, -0.15) is 0 Å². The first-order valence-corrected chi connectivity index (χ1v) is 12.2. The third-order valence-electron chi connectivity index (χ3n) is 6.71. The van der Waals surface area contributed by atoms with E-state index in [1.54, 1.807) is 0 Å². The summed E-state index contributed by atoms with van der Waals surface area (Å²) >= 11 is 0. The zero-order chi connectivity index (χ0) is 19.4. The van der Waals surface area contributed by atoms with E-state index in [-0.39, 0.29) is 10.6 Å². The molecule has 5 nitrogen and oxygen atoms in total. The summed E-state index contributed by atoms with van der Waals surface area (Å²) in [7, 11) is -2.88. The molecule has 154 valence electrons. The Bertz CT molecular complexity index is 481. The first-order chi connectivity index (χ1) is 12.1. The van der Waals surface area contributed by atoms with Crippen LogP contribution in [0.1, 0.15) is 67.2 Å². The van der Waals surface area contributed by atoms with E-state index >= 15 is 0 Å². The van der Waals surface area contributed by atoms with Gasteiger partial charge in [0.15, 0.2) is 0 Å². The first kappa shape index (κ1) is 22.4. The van der Waals surface area contributed by atoms with E-state index in [9.17, 15) is 4.57 Å². The van der Waals surface area contributed by atoms with Gasteiger partial charge in [0.25, 0.3) is 7.52 Å². The molecule has 2 heterocycles. The molecule has 2 fully saturated rings. The molecular formula is C20H42N3O2P. The third kappa shape index (κ3) is 5.11. The van der Waals surface area contributed by atoms with Crippen molar-refractivity contribution < 1.29 is 9.09 Å². The van der Waals surface area contributed by atoms with E-state index in [0.717, 1.165) is 52.1 Å². The van der Waals surface area contributed by atoms with Crippen LogP contribution in [0.3, 0.4) is 0 Å². The number of hydrogen-bond acceptors (Lipinski definition) is 4. The van der Waals surface area contributed by atoms with E-state index in [2.05, 4.69) is 56.4 Å². The summed E-state index contributed by atoms with van der Waals surface area (Å²) < 4.78 is 22.7. The van der Waals surface area contributed by atoms with Crippen molar-refractivity contribution in [1.82, 2.24) is 14.9 Å². The van der Waals surface area contributed by atoms with E-state index in [0.29, 0.717) is 12.6 Å². The van der Waals surface area contributed by atoms with E-state index < -0.39 is 7.52 Å². The molecule has 1 N–H and O–H groups in total. The molecule has 2 aliphatic heterocycles. The lowest BCUT2D eigenvalue weighted by Crippen LogP contribution is -2.53. The number of rotatable bonds is 8. The highest BCUT2D eigenvalue weighted by atomic mass is 31.2. The minimum Gasteiger partial charge on any atom is -0.317 e. The van der Waals surface area contributed by atoms with Crippen LogP contribution in [0.25, 0.3) is 0 Å². The number of hydrogen-bond donors (Lipinski definition) is 1. The molecule has 0 spiro atoms. The molecule has 0 bridgehead atoms. The van der Waals surface area contributed by atoms with Gasteiger partial charge in [0.2, 0.25) is 0 Å². The number of nitrogens with one attached hydrogen (secondary N) is 1. The van der Waals surface area contributed by atoms with Gasteiger partial charge in [-0.3, -0.25) is 9.46 Å². The average molecular weight is 388 g/mol. The zero-order valence-electron chi connectivity index (χ0n) is 18.0. The highest BCUT2D eigenvalue weighted by Crippen LogP contribution is 2.63. The van der Waals surface area contributed by atoms with E-state index in [1.165, 1.54) is 12.8 Å². The average Bonchev–Trinajstić information content (AvgIpc) is 2.67. The molecule has 0 aliphatic carbocycles. The van der Waals surface area contributed by atoms with Crippen molar-refractivity contribution in [2.24, 2.45) is 5.41 Å². The topological polar surface area (TPSA) is 44.8 Å². The van der Waals surface area contributed by atoms with Gasteiger partial charge >= 0.3 is 0 Å².